The van der Waals surface area contributed by atoms with Crippen LogP contribution in [0.3, 0.4) is 0 Å². The molecule has 11 heteroatoms. The lowest BCUT2D eigenvalue weighted by atomic mass is 10.1. The van der Waals surface area contributed by atoms with Crippen LogP contribution in [0.2, 0.25) is 0 Å². The van der Waals surface area contributed by atoms with Gasteiger partial charge in [0, 0.05) is 33.1 Å². The van der Waals surface area contributed by atoms with E-state index in [0.717, 1.165) is 25.2 Å². The van der Waals surface area contributed by atoms with Gasteiger partial charge in [-0.05, 0) is 74.2 Å². The minimum absolute atomic E-state index is 0.216. The number of nitrogens with one attached hydrogen (secondary N) is 1. The van der Waals surface area contributed by atoms with Gasteiger partial charge in [-0.15, -0.1) is 10.2 Å². The van der Waals surface area contributed by atoms with Crippen LogP contribution in [-0.4, -0.2) is 67.5 Å². The normalized spacial score (nSPS) is 14.2. The number of sulfonamides is 1. The van der Waals surface area contributed by atoms with Gasteiger partial charge in [-0.2, -0.15) is 0 Å². The van der Waals surface area contributed by atoms with Crippen molar-refractivity contribution in [3.63, 3.8) is 0 Å². The number of hydrogen-bond acceptors (Lipinski definition) is 8. The van der Waals surface area contributed by atoms with Gasteiger partial charge in [-0.1, -0.05) is 35.6 Å². The Bertz CT molecular complexity index is 1340. The van der Waals surface area contributed by atoms with Crippen LogP contribution in [0, 0.1) is 13.8 Å². The SMILES string of the molecule is COc1cc(C)c(S(=O)(=O)N(C)CCc2nnc(C(=O)NCc3ccc(CN4CCCC4)cc3)s2)c(C)c1. The van der Waals surface area contributed by atoms with Crippen LogP contribution in [0.4, 0.5) is 0 Å². The van der Waals surface area contributed by atoms with E-state index in [-0.39, 0.29) is 22.4 Å². The molecule has 9 nitrogen and oxygen atoms in total. The molecule has 3 aromatic rings. The molecule has 0 aliphatic carbocycles. The molecule has 38 heavy (non-hydrogen) atoms. The van der Waals surface area contributed by atoms with E-state index >= 15 is 0 Å². The standard InChI is InChI=1S/C27H35N5O4S2/c1-19-15-23(36-4)16-20(2)25(19)38(34,35)31(3)14-11-24-29-30-27(37-24)26(33)28-17-21-7-9-22(10-8-21)18-32-12-5-6-13-32/h7-10,15-16H,5-6,11-14,17-18H2,1-4H3,(H,28,33). The van der Waals surface area contributed by atoms with E-state index in [4.69, 9.17) is 4.74 Å². The number of carbonyl (C=O) groups is 1. The molecule has 1 N–H and O–H groups in total. The van der Waals surface area contributed by atoms with Crippen LogP contribution in [0.25, 0.3) is 0 Å². The lowest BCUT2D eigenvalue weighted by Crippen LogP contribution is -2.30. The molecule has 1 aliphatic heterocycles. The molecule has 0 saturated carbocycles. The van der Waals surface area contributed by atoms with Crippen molar-refractivity contribution in [2.75, 3.05) is 33.8 Å². The van der Waals surface area contributed by atoms with Gasteiger partial charge in [0.15, 0.2) is 0 Å². The summed E-state index contributed by atoms with van der Waals surface area (Å²) in [5, 5.41) is 11.9. The molecule has 0 unspecified atom stereocenters. The number of likely N-dealkylation sites (N-methyl/N-ethyl adjacent to an activating group) is 1. The summed E-state index contributed by atoms with van der Waals surface area (Å²) in [4.78, 5) is 15.3. The van der Waals surface area contributed by atoms with Crippen molar-refractivity contribution in [3.05, 3.63) is 68.7 Å². The number of likely N-dealkylation sites (tertiary alicyclic amines) is 1. The molecule has 1 amide bonds. The van der Waals surface area contributed by atoms with Crippen molar-refractivity contribution in [1.82, 2.24) is 24.7 Å². The van der Waals surface area contributed by atoms with E-state index in [9.17, 15) is 13.2 Å². The fourth-order valence-corrected chi connectivity index (χ4v) is 6.95. The van der Waals surface area contributed by atoms with Gasteiger partial charge >= 0.3 is 0 Å². The van der Waals surface area contributed by atoms with Crippen molar-refractivity contribution in [3.8, 4) is 5.75 Å². The van der Waals surface area contributed by atoms with E-state index in [0.29, 0.717) is 34.8 Å². The van der Waals surface area contributed by atoms with Gasteiger partial charge in [0.05, 0.1) is 12.0 Å². The smallest absolute Gasteiger partial charge is 0.282 e. The summed E-state index contributed by atoms with van der Waals surface area (Å²) in [5.41, 5.74) is 3.55. The lowest BCUT2D eigenvalue weighted by Gasteiger charge is -2.20. The second-order valence-electron chi connectivity index (χ2n) is 9.65. The minimum atomic E-state index is -3.70. The Labute approximate surface area is 228 Å². The molecule has 0 bridgehead atoms. The number of ether oxygens (including phenoxy) is 1. The summed E-state index contributed by atoms with van der Waals surface area (Å²) in [7, 11) is -0.603. The molecule has 2 heterocycles. The molecule has 1 aromatic heterocycles. The summed E-state index contributed by atoms with van der Waals surface area (Å²) in [6, 6.07) is 11.7. The van der Waals surface area contributed by atoms with Crippen LogP contribution in [0.15, 0.2) is 41.3 Å². The maximum absolute atomic E-state index is 13.2. The van der Waals surface area contributed by atoms with Gasteiger partial charge in [-0.25, -0.2) is 12.7 Å². The third kappa shape index (κ3) is 6.76. The third-order valence-electron chi connectivity index (χ3n) is 6.72. The lowest BCUT2D eigenvalue weighted by molar-refractivity contribution is 0.0949. The average molecular weight is 558 g/mol. The minimum Gasteiger partial charge on any atom is -0.497 e. The summed E-state index contributed by atoms with van der Waals surface area (Å²) in [5.74, 6) is 0.330. The second kappa shape index (κ2) is 12.3. The Hall–Kier alpha value is -2.86. The summed E-state index contributed by atoms with van der Waals surface area (Å²) in [6.07, 6.45) is 2.90. The molecule has 0 radical (unpaired) electrons. The molecular weight excluding hydrogens is 522 g/mol. The fraction of sp³-hybridized carbons (Fsp3) is 0.444. The number of carbonyl (C=O) groups excluding carboxylic acids is 1. The second-order valence-corrected chi connectivity index (χ2v) is 12.7. The molecule has 0 spiro atoms. The quantitative estimate of drug-likeness (QED) is 0.384. The van der Waals surface area contributed by atoms with Gasteiger partial charge in [0.25, 0.3) is 5.91 Å². The van der Waals surface area contributed by atoms with E-state index in [1.165, 1.54) is 34.0 Å². The van der Waals surface area contributed by atoms with Crippen LogP contribution in [0.5, 0.6) is 5.75 Å². The number of nitrogens with zero attached hydrogens (tertiary/aromatic N) is 4. The van der Waals surface area contributed by atoms with Gasteiger partial charge < -0.3 is 10.1 Å². The predicted octanol–water partition coefficient (Wildman–Crippen LogP) is 3.55. The number of aryl methyl sites for hydroxylation is 2. The highest BCUT2D eigenvalue weighted by molar-refractivity contribution is 7.89. The predicted molar refractivity (Wildman–Crippen MR) is 148 cm³/mol. The maximum atomic E-state index is 13.2. The van der Waals surface area contributed by atoms with Crippen molar-refractivity contribution in [1.29, 1.82) is 0 Å². The number of methoxy groups -OCH3 is 1. The Balaban J connectivity index is 1.29. The Morgan fingerprint density at radius 3 is 2.34 bits per heavy atom. The average Bonchev–Trinajstić information content (AvgIpc) is 3.58. The van der Waals surface area contributed by atoms with Crippen LogP contribution in [0.1, 0.15) is 49.9 Å². The van der Waals surface area contributed by atoms with Crippen LogP contribution >= 0.6 is 11.3 Å². The van der Waals surface area contributed by atoms with E-state index in [1.807, 2.05) is 12.1 Å². The van der Waals surface area contributed by atoms with Gasteiger partial charge in [0.2, 0.25) is 15.0 Å². The zero-order valence-electron chi connectivity index (χ0n) is 22.4. The van der Waals surface area contributed by atoms with Crippen molar-refractivity contribution >= 4 is 27.3 Å². The third-order valence-corrected chi connectivity index (χ3v) is 9.87. The monoisotopic (exact) mass is 557 g/mol. The van der Waals surface area contributed by atoms with E-state index in [2.05, 4.69) is 32.5 Å². The highest BCUT2D eigenvalue weighted by atomic mass is 32.2. The van der Waals surface area contributed by atoms with Crippen molar-refractivity contribution in [2.24, 2.45) is 0 Å². The molecule has 1 fully saturated rings. The molecule has 4 rings (SSSR count). The van der Waals surface area contributed by atoms with Crippen molar-refractivity contribution in [2.45, 2.75) is 51.1 Å². The number of rotatable bonds is 11. The first-order valence-corrected chi connectivity index (χ1v) is 15.0. The Kier molecular flexibility index (Phi) is 9.14. The molecule has 0 atom stereocenters. The molecule has 1 aliphatic rings. The van der Waals surface area contributed by atoms with Gasteiger partial charge in [-0.3, -0.25) is 9.69 Å². The molecule has 1 saturated heterocycles. The van der Waals surface area contributed by atoms with Crippen LogP contribution < -0.4 is 10.1 Å². The van der Waals surface area contributed by atoms with E-state index < -0.39 is 10.0 Å². The summed E-state index contributed by atoms with van der Waals surface area (Å²) < 4.78 is 33.0. The highest BCUT2D eigenvalue weighted by Crippen LogP contribution is 2.28. The highest BCUT2D eigenvalue weighted by Gasteiger charge is 2.26. The number of aromatic nitrogens is 2. The van der Waals surface area contributed by atoms with E-state index in [1.54, 1.807) is 40.1 Å². The first kappa shape index (κ1) is 28.2. The zero-order chi connectivity index (χ0) is 27.3. The first-order chi connectivity index (χ1) is 18.2. The fourth-order valence-electron chi connectivity index (χ4n) is 4.63. The largest absolute Gasteiger partial charge is 0.497 e. The molecule has 2 aromatic carbocycles. The zero-order valence-corrected chi connectivity index (χ0v) is 24.0. The number of amides is 1. The van der Waals surface area contributed by atoms with Crippen molar-refractivity contribution < 1.29 is 17.9 Å². The summed E-state index contributed by atoms with van der Waals surface area (Å²) in [6.45, 7) is 7.43. The Morgan fingerprint density at radius 2 is 1.71 bits per heavy atom. The Morgan fingerprint density at radius 1 is 1.08 bits per heavy atom. The molecule has 204 valence electrons. The summed E-state index contributed by atoms with van der Waals surface area (Å²) >= 11 is 1.18. The van der Waals surface area contributed by atoms with Crippen LogP contribution in [-0.2, 0) is 29.5 Å². The molecular formula is C27H35N5O4S2. The van der Waals surface area contributed by atoms with Gasteiger partial charge in [0.1, 0.15) is 10.8 Å². The maximum Gasteiger partial charge on any atom is 0.282 e. The first-order valence-electron chi connectivity index (χ1n) is 12.7. The number of hydrogen-bond donors (Lipinski definition) is 1. The topological polar surface area (TPSA) is 105 Å². The number of benzene rings is 2.